The van der Waals surface area contributed by atoms with Crippen LogP contribution < -0.4 is 5.32 Å². The number of nitrogens with zero attached hydrogens (tertiary/aromatic N) is 3. The minimum atomic E-state index is -3.55. The monoisotopic (exact) mass is 432 g/mol. The molecule has 0 bridgehead atoms. The molecule has 2 aliphatic heterocycles. The molecule has 1 aromatic rings. The lowest BCUT2D eigenvalue weighted by molar-refractivity contribution is 0.0664. The van der Waals surface area contributed by atoms with Gasteiger partial charge in [-0.2, -0.15) is 4.31 Å². The van der Waals surface area contributed by atoms with Gasteiger partial charge in [-0.3, -0.25) is 4.79 Å². The molecule has 0 saturated carbocycles. The van der Waals surface area contributed by atoms with Gasteiger partial charge in [0.25, 0.3) is 5.91 Å². The highest BCUT2D eigenvalue weighted by Crippen LogP contribution is 2.26. The molecular weight excluding hydrogens is 400 g/mol. The van der Waals surface area contributed by atoms with Crippen molar-refractivity contribution < 1.29 is 13.2 Å². The number of rotatable bonds is 5. The van der Waals surface area contributed by atoms with Gasteiger partial charge in [0.05, 0.1) is 0 Å². The molecule has 9 heteroatoms. The van der Waals surface area contributed by atoms with E-state index in [9.17, 15) is 13.2 Å². The second-order valence-electron chi connectivity index (χ2n) is 8.10. The Kier molecular flexibility index (Phi) is 7.96. The molecule has 2 aliphatic rings. The maximum absolute atomic E-state index is 13.0. The van der Waals surface area contributed by atoms with Crippen LogP contribution in [-0.2, 0) is 17.1 Å². The number of likely N-dealkylation sites (tertiary alicyclic amines) is 1. The molecule has 0 spiro atoms. The number of sulfonamides is 1. The predicted molar refractivity (Wildman–Crippen MR) is 112 cm³/mol. The second-order valence-corrected chi connectivity index (χ2v) is 10.0. The number of hydrogen-bond acceptors (Lipinski definition) is 4. The molecule has 0 aliphatic carbocycles. The molecule has 2 atom stereocenters. The van der Waals surface area contributed by atoms with E-state index in [0.29, 0.717) is 30.6 Å². The van der Waals surface area contributed by atoms with Crippen LogP contribution in [0.4, 0.5) is 0 Å². The fourth-order valence-electron chi connectivity index (χ4n) is 4.27. The smallest absolute Gasteiger partial charge is 0.270 e. The molecular formula is C19H33ClN4O3S. The largest absolute Gasteiger partial charge is 0.345 e. The summed E-state index contributed by atoms with van der Waals surface area (Å²) in [6.07, 6.45) is 5.63. The van der Waals surface area contributed by atoms with Gasteiger partial charge in [0.15, 0.2) is 0 Å². The van der Waals surface area contributed by atoms with Crippen LogP contribution in [0.2, 0.25) is 0 Å². The molecule has 2 fully saturated rings. The lowest BCUT2D eigenvalue weighted by Crippen LogP contribution is -2.43. The van der Waals surface area contributed by atoms with Gasteiger partial charge in [0.2, 0.25) is 10.0 Å². The van der Waals surface area contributed by atoms with Crippen molar-refractivity contribution in [2.45, 2.75) is 37.5 Å². The van der Waals surface area contributed by atoms with Crippen LogP contribution in [0.15, 0.2) is 17.2 Å². The maximum atomic E-state index is 13.0. The maximum Gasteiger partial charge on any atom is 0.270 e. The van der Waals surface area contributed by atoms with Gasteiger partial charge in [-0.05, 0) is 57.2 Å². The first-order valence-electron chi connectivity index (χ1n) is 9.93. The van der Waals surface area contributed by atoms with Crippen LogP contribution in [0.25, 0.3) is 0 Å². The molecule has 160 valence electrons. The van der Waals surface area contributed by atoms with E-state index in [0.717, 1.165) is 45.3 Å². The number of piperidine rings is 2. The lowest BCUT2D eigenvalue weighted by Gasteiger charge is -2.32. The number of hydrogen-bond donors (Lipinski definition) is 1. The van der Waals surface area contributed by atoms with Gasteiger partial charge in [0.1, 0.15) is 10.6 Å². The van der Waals surface area contributed by atoms with Crippen molar-refractivity contribution in [2.75, 3.05) is 39.8 Å². The number of carbonyl (C=O) groups is 1. The Balaban J connectivity index is 0.00000280. The Labute approximate surface area is 174 Å². The third-order valence-electron chi connectivity index (χ3n) is 5.76. The van der Waals surface area contributed by atoms with Gasteiger partial charge in [-0.25, -0.2) is 8.42 Å². The number of amides is 1. The van der Waals surface area contributed by atoms with Crippen LogP contribution in [0.3, 0.4) is 0 Å². The SMILES string of the molecule is CNCC1CCCN(C(=O)c2cc(S(=O)(=O)N3CCCC(C)C3)cn2C)C1.Cl. The van der Waals surface area contributed by atoms with Crippen LogP contribution in [0.5, 0.6) is 0 Å². The molecule has 1 amide bonds. The Morgan fingerprint density at radius 2 is 1.93 bits per heavy atom. The molecule has 28 heavy (non-hydrogen) atoms. The van der Waals surface area contributed by atoms with Crippen molar-refractivity contribution in [3.63, 3.8) is 0 Å². The molecule has 1 aromatic heterocycles. The zero-order valence-corrected chi connectivity index (χ0v) is 18.7. The van der Waals surface area contributed by atoms with Crippen LogP contribution in [0.1, 0.15) is 43.1 Å². The number of nitrogens with one attached hydrogen (secondary N) is 1. The Morgan fingerprint density at radius 3 is 2.61 bits per heavy atom. The minimum absolute atomic E-state index is 0. The summed E-state index contributed by atoms with van der Waals surface area (Å²) in [6, 6.07) is 1.55. The van der Waals surface area contributed by atoms with Crippen molar-refractivity contribution in [1.29, 1.82) is 0 Å². The van der Waals surface area contributed by atoms with Crippen LogP contribution in [0, 0.1) is 11.8 Å². The fourth-order valence-corrected chi connectivity index (χ4v) is 5.94. The average molecular weight is 433 g/mol. The topological polar surface area (TPSA) is 74.7 Å². The summed E-state index contributed by atoms with van der Waals surface area (Å²) in [5.74, 6) is 0.744. The van der Waals surface area contributed by atoms with E-state index in [1.165, 1.54) is 0 Å². The van der Waals surface area contributed by atoms with Crippen molar-refractivity contribution in [3.8, 4) is 0 Å². The Morgan fingerprint density at radius 1 is 1.21 bits per heavy atom. The first-order chi connectivity index (χ1) is 12.8. The standard InChI is InChI=1S/C19H32N4O3S.ClH/c1-15-6-4-9-23(12-15)27(25,26)17-10-18(21(3)14-17)19(24)22-8-5-7-16(13-22)11-20-2;/h10,14-16,20H,4-9,11-13H2,1-3H3;1H. The molecule has 7 nitrogen and oxygen atoms in total. The van der Waals surface area contributed by atoms with E-state index in [1.807, 2.05) is 11.9 Å². The molecule has 2 unspecified atom stereocenters. The van der Waals surface area contributed by atoms with E-state index in [-0.39, 0.29) is 23.2 Å². The van der Waals surface area contributed by atoms with E-state index in [2.05, 4.69) is 12.2 Å². The molecule has 3 rings (SSSR count). The summed E-state index contributed by atoms with van der Waals surface area (Å²) >= 11 is 0. The summed E-state index contributed by atoms with van der Waals surface area (Å²) in [7, 11) is 0.129. The number of aryl methyl sites for hydroxylation is 1. The highest BCUT2D eigenvalue weighted by Gasteiger charge is 2.32. The summed E-state index contributed by atoms with van der Waals surface area (Å²) in [5, 5.41) is 3.18. The van der Waals surface area contributed by atoms with Crippen LogP contribution >= 0.6 is 12.4 Å². The number of aromatic nitrogens is 1. The van der Waals surface area contributed by atoms with Gasteiger partial charge in [-0.15, -0.1) is 12.4 Å². The van der Waals surface area contributed by atoms with Gasteiger partial charge >= 0.3 is 0 Å². The highest BCUT2D eigenvalue weighted by atomic mass is 35.5. The van der Waals surface area contributed by atoms with Gasteiger partial charge in [-0.1, -0.05) is 6.92 Å². The van der Waals surface area contributed by atoms with Crippen molar-refractivity contribution >= 4 is 28.3 Å². The van der Waals surface area contributed by atoms with Gasteiger partial charge < -0.3 is 14.8 Å². The number of halogens is 1. The predicted octanol–water partition coefficient (Wildman–Crippen LogP) is 1.94. The van der Waals surface area contributed by atoms with Crippen molar-refractivity contribution in [2.24, 2.45) is 18.9 Å². The lowest BCUT2D eigenvalue weighted by atomic mass is 9.98. The normalized spacial score (nSPS) is 24.0. The highest BCUT2D eigenvalue weighted by molar-refractivity contribution is 7.89. The van der Waals surface area contributed by atoms with Crippen molar-refractivity contribution in [1.82, 2.24) is 19.1 Å². The summed E-state index contributed by atoms with van der Waals surface area (Å²) in [5.41, 5.74) is 0.448. The second kappa shape index (κ2) is 9.61. The molecule has 2 saturated heterocycles. The average Bonchev–Trinajstić information content (AvgIpc) is 3.04. The van der Waals surface area contributed by atoms with E-state index in [1.54, 1.807) is 28.2 Å². The Hall–Kier alpha value is -1.09. The molecule has 3 heterocycles. The first-order valence-corrected chi connectivity index (χ1v) is 11.4. The van der Waals surface area contributed by atoms with E-state index in [4.69, 9.17) is 0 Å². The van der Waals surface area contributed by atoms with Crippen LogP contribution in [-0.4, -0.2) is 67.9 Å². The zero-order chi connectivity index (χ0) is 19.6. The third-order valence-corrected chi connectivity index (χ3v) is 7.59. The summed E-state index contributed by atoms with van der Waals surface area (Å²) < 4.78 is 29.2. The number of carbonyl (C=O) groups excluding carboxylic acids is 1. The summed E-state index contributed by atoms with van der Waals surface area (Å²) in [6.45, 7) is 5.54. The quantitative estimate of drug-likeness (QED) is 0.771. The van der Waals surface area contributed by atoms with E-state index < -0.39 is 10.0 Å². The van der Waals surface area contributed by atoms with Gasteiger partial charge in [0, 0.05) is 39.4 Å². The first kappa shape index (κ1) is 23.2. The molecule has 1 N–H and O–H groups in total. The molecule has 0 radical (unpaired) electrons. The minimum Gasteiger partial charge on any atom is -0.345 e. The summed E-state index contributed by atoms with van der Waals surface area (Å²) in [4.78, 5) is 15.1. The zero-order valence-electron chi connectivity index (χ0n) is 17.1. The molecule has 0 aromatic carbocycles. The Bertz CT molecular complexity index is 778. The van der Waals surface area contributed by atoms with E-state index >= 15 is 0 Å². The van der Waals surface area contributed by atoms with Crippen molar-refractivity contribution in [3.05, 3.63) is 18.0 Å². The third kappa shape index (κ3) is 4.90. The fraction of sp³-hybridized carbons (Fsp3) is 0.737.